The molecule has 0 aliphatic rings. The second-order valence-corrected chi connectivity index (χ2v) is 8.59. The maximum absolute atomic E-state index is 12.2. The highest BCUT2D eigenvalue weighted by molar-refractivity contribution is 9.10. The fourth-order valence-electron chi connectivity index (χ4n) is 2.42. The van der Waals surface area contributed by atoms with Gasteiger partial charge in [-0.2, -0.15) is 0 Å². The first-order chi connectivity index (χ1) is 13.1. The monoisotopic (exact) mass is 460 g/mol. The Morgan fingerprint density at radius 2 is 1.93 bits per heavy atom. The molecule has 0 radical (unpaired) electrons. The van der Waals surface area contributed by atoms with Crippen molar-refractivity contribution in [3.8, 4) is 11.6 Å². The molecule has 7 nitrogen and oxygen atoms in total. The van der Waals surface area contributed by atoms with Crippen LogP contribution in [0.1, 0.15) is 46.6 Å². The second-order valence-electron chi connectivity index (χ2n) is 7.84. The first kappa shape index (κ1) is 24.5. The molecule has 0 saturated heterocycles. The number of aromatic nitrogens is 1. The van der Waals surface area contributed by atoms with Crippen LogP contribution in [0.15, 0.2) is 10.7 Å². The number of hydrogen-bond acceptors (Lipinski definition) is 6. The van der Waals surface area contributed by atoms with Crippen LogP contribution >= 0.6 is 15.9 Å². The zero-order valence-corrected chi connectivity index (χ0v) is 19.5. The molecule has 0 bridgehead atoms. The summed E-state index contributed by atoms with van der Waals surface area (Å²) in [6, 6.07) is 1.78. The summed E-state index contributed by atoms with van der Waals surface area (Å²) in [5.74, 6) is 1.18. The minimum Gasteiger partial charge on any atom is -0.488 e. The van der Waals surface area contributed by atoms with E-state index in [2.05, 4.69) is 40.1 Å². The van der Waals surface area contributed by atoms with Crippen LogP contribution in [0.2, 0.25) is 0 Å². The van der Waals surface area contributed by atoms with Gasteiger partial charge in [-0.25, -0.2) is 9.78 Å². The highest BCUT2D eigenvalue weighted by Crippen LogP contribution is 2.31. The van der Waals surface area contributed by atoms with Gasteiger partial charge in [0.05, 0.1) is 13.7 Å². The van der Waals surface area contributed by atoms with Crippen molar-refractivity contribution in [1.82, 2.24) is 10.3 Å². The van der Waals surface area contributed by atoms with Crippen LogP contribution in [0, 0.1) is 5.92 Å². The second kappa shape index (κ2) is 11.5. The number of carbonyl (C=O) groups excluding carboxylic acids is 1. The standard InChI is InChI=1S/C20H33BrN2O5/c1-13(2)15(22-19(24)28-20(3,4)5)11-14-12-16(27-10-8-9-25-6)18(26-7)23-17(14)21/h12-13,15H,8-11H2,1-7H3,(H,22,24). The lowest BCUT2D eigenvalue weighted by Crippen LogP contribution is -2.43. The van der Waals surface area contributed by atoms with E-state index >= 15 is 0 Å². The molecule has 1 rings (SSSR count). The summed E-state index contributed by atoms with van der Waals surface area (Å²) in [6.45, 7) is 10.7. The molecule has 160 valence electrons. The third-order valence-corrected chi connectivity index (χ3v) is 4.56. The van der Waals surface area contributed by atoms with Gasteiger partial charge in [0.15, 0.2) is 5.75 Å². The minimum absolute atomic E-state index is 0.123. The van der Waals surface area contributed by atoms with Gasteiger partial charge in [-0.1, -0.05) is 13.8 Å². The molecule has 1 aromatic rings. The van der Waals surface area contributed by atoms with Gasteiger partial charge in [0.25, 0.3) is 5.88 Å². The molecule has 1 atom stereocenters. The fraction of sp³-hybridized carbons (Fsp3) is 0.700. The summed E-state index contributed by atoms with van der Waals surface area (Å²) in [4.78, 5) is 16.6. The molecule has 1 unspecified atom stereocenters. The number of pyridine rings is 1. The van der Waals surface area contributed by atoms with Gasteiger partial charge in [-0.3, -0.25) is 0 Å². The molecule has 1 aromatic heterocycles. The summed E-state index contributed by atoms with van der Waals surface area (Å²) in [5.41, 5.74) is 0.370. The lowest BCUT2D eigenvalue weighted by Gasteiger charge is -2.26. The van der Waals surface area contributed by atoms with E-state index in [0.29, 0.717) is 35.9 Å². The van der Waals surface area contributed by atoms with Gasteiger partial charge in [-0.15, -0.1) is 0 Å². The van der Waals surface area contributed by atoms with Crippen molar-refractivity contribution < 1.29 is 23.7 Å². The van der Waals surface area contributed by atoms with Gasteiger partial charge in [-0.05, 0) is 60.7 Å². The average Bonchev–Trinajstić information content (AvgIpc) is 2.58. The highest BCUT2D eigenvalue weighted by atomic mass is 79.9. The molecule has 0 spiro atoms. The minimum atomic E-state index is -0.545. The molecule has 8 heteroatoms. The largest absolute Gasteiger partial charge is 0.488 e. The maximum Gasteiger partial charge on any atom is 0.407 e. The number of ether oxygens (including phenoxy) is 4. The first-order valence-corrected chi connectivity index (χ1v) is 10.2. The zero-order chi connectivity index (χ0) is 21.3. The number of carbonyl (C=O) groups is 1. The van der Waals surface area contributed by atoms with Crippen molar-refractivity contribution in [3.63, 3.8) is 0 Å². The van der Waals surface area contributed by atoms with Crippen LogP contribution in [0.4, 0.5) is 4.79 Å². The Morgan fingerprint density at radius 3 is 2.46 bits per heavy atom. The number of alkyl carbamates (subject to hydrolysis) is 1. The lowest BCUT2D eigenvalue weighted by molar-refractivity contribution is 0.0490. The van der Waals surface area contributed by atoms with Crippen LogP contribution in [-0.4, -0.2) is 50.2 Å². The number of methoxy groups -OCH3 is 2. The average molecular weight is 461 g/mol. The Bertz CT molecular complexity index is 632. The van der Waals surface area contributed by atoms with E-state index in [1.54, 1.807) is 14.2 Å². The van der Waals surface area contributed by atoms with Crippen LogP contribution in [0.3, 0.4) is 0 Å². The van der Waals surface area contributed by atoms with Gasteiger partial charge < -0.3 is 24.3 Å². The van der Waals surface area contributed by atoms with E-state index in [1.807, 2.05) is 26.8 Å². The molecule has 28 heavy (non-hydrogen) atoms. The third kappa shape index (κ3) is 8.65. The van der Waals surface area contributed by atoms with Crippen LogP contribution in [0.25, 0.3) is 0 Å². The smallest absolute Gasteiger partial charge is 0.407 e. The van der Waals surface area contributed by atoms with Crippen LogP contribution in [-0.2, 0) is 15.9 Å². The molecule has 0 fully saturated rings. The molecule has 1 N–H and O–H groups in total. The SMILES string of the molecule is COCCCOc1cc(CC(NC(=O)OC(C)(C)C)C(C)C)c(Br)nc1OC. The predicted octanol–water partition coefficient (Wildman–Crippen LogP) is 4.36. The predicted molar refractivity (Wildman–Crippen MR) is 112 cm³/mol. The Kier molecular flexibility index (Phi) is 10.0. The topological polar surface area (TPSA) is 78.9 Å². The van der Waals surface area contributed by atoms with Crippen molar-refractivity contribution in [2.75, 3.05) is 27.4 Å². The summed E-state index contributed by atoms with van der Waals surface area (Å²) in [6.07, 6.45) is 0.905. The van der Waals surface area contributed by atoms with E-state index in [1.165, 1.54) is 0 Å². The number of amides is 1. The molecule has 1 heterocycles. The van der Waals surface area contributed by atoms with E-state index < -0.39 is 11.7 Å². The number of halogens is 1. The van der Waals surface area contributed by atoms with E-state index in [-0.39, 0.29) is 12.0 Å². The van der Waals surface area contributed by atoms with E-state index in [9.17, 15) is 4.79 Å². The number of rotatable bonds is 10. The van der Waals surface area contributed by atoms with Gasteiger partial charge in [0.2, 0.25) is 0 Å². The molecule has 1 amide bonds. The Labute approximate surface area is 176 Å². The lowest BCUT2D eigenvalue weighted by atomic mass is 9.97. The Balaban J connectivity index is 2.94. The molecular formula is C20H33BrN2O5. The van der Waals surface area contributed by atoms with E-state index in [0.717, 1.165) is 12.0 Å². The summed E-state index contributed by atoms with van der Waals surface area (Å²) < 4.78 is 22.2. The van der Waals surface area contributed by atoms with Crippen molar-refractivity contribution in [2.45, 2.75) is 59.1 Å². The molecule has 0 aliphatic carbocycles. The summed E-state index contributed by atoms with van der Waals surface area (Å²) >= 11 is 3.50. The molecule has 0 aromatic carbocycles. The molecule has 0 aliphatic heterocycles. The Hall–Kier alpha value is -1.54. The van der Waals surface area contributed by atoms with Crippen molar-refractivity contribution >= 4 is 22.0 Å². The fourth-order valence-corrected chi connectivity index (χ4v) is 2.86. The van der Waals surface area contributed by atoms with Crippen LogP contribution in [0.5, 0.6) is 11.6 Å². The van der Waals surface area contributed by atoms with Gasteiger partial charge in [0.1, 0.15) is 10.2 Å². The maximum atomic E-state index is 12.2. The normalized spacial score (nSPS) is 12.6. The van der Waals surface area contributed by atoms with Crippen LogP contribution < -0.4 is 14.8 Å². The first-order valence-electron chi connectivity index (χ1n) is 9.42. The van der Waals surface area contributed by atoms with Crippen molar-refractivity contribution in [3.05, 3.63) is 16.2 Å². The number of hydrogen-bond donors (Lipinski definition) is 1. The quantitative estimate of drug-likeness (QED) is 0.412. The third-order valence-electron chi connectivity index (χ3n) is 3.87. The van der Waals surface area contributed by atoms with Crippen molar-refractivity contribution in [1.29, 1.82) is 0 Å². The van der Waals surface area contributed by atoms with Gasteiger partial charge in [0, 0.05) is 26.2 Å². The Morgan fingerprint density at radius 1 is 1.25 bits per heavy atom. The van der Waals surface area contributed by atoms with E-state index in [4.69, 9.17) is 18.9 Å². The van der Waals surface area contributed by atoms with Crippen molar-refractivity contribution in [2.24, 2.45) is 5.92 Å². The number of nitrogens with zero attached hydrogens (tertiary/aromatic N) is 1. The summed E-state index contributed by atoms with van der Waals surface area (Å²) in [5, 5.41) is 2.96. The highest BCUT2D eigenvalue weighted by Gasteiger charge is 2.23. The summed E-state index contributed by atoms with van der Waals surface area (Å²) in [7, 11) is 3.21. The zero-order valence-electron chi connectivity index (χ0n) is 17.9. The molecule has 0 saturated carbocycles. The number of nitrogens with one attached hydrogen (secondary N) is 1. The van der Waals surface area contributed by atoms with Gasteiger partial charge >= 0.3 is 6.09 Å². The molecular weight excluding hydrogens is 428 g/mol.